The van der Waals surface area contributed by atoms with Crippen molar-refractivity contribution in [2.75, 3.05) is 13.7 Å². The average molecular weight is 258 g/mol. The van der Waals surface area contributed by atoms with E-state index in [1.165, 1.54) is 19.2 Å². The predicted molar refractivity (Wildman–Crippen MR) is 60.9 cm³/mol. The summed E-state index contributed by atoms with van der Waals surface area (Å²) in [4.78, 5) is 11.1. The minimum absolute atomic E-state index is 0.0335. The molecule has 0 bridgehead atoms. The average Bonchev–Trinajstić information content (AvgIpc) is 2.26. The molecule has 17 heavy (non-hydrogen) atoms. The molecule has 0 heterocycles. The highest BCUT2D eigenvalue weighted by Crippen LogP contribution is 2.13. The summed E-state index contributed by atoms with van der Waals surface area (Å²) >= 11 is 0. The van der Waals surface area contributed by atoms with Gasteiger partial charge in [0, 0.05) is 7.11 Å². The summed E-state index contributed by atoms with van der Waals surface area (Å²) in [5.74, 6) is -0.826. The molecule has 1 rings (SSSR count). The van der Waals surface area contributed by atoms with Gasteiger partial charge in [-0.2, -0.15) is 8.42 Å². The van der Waals surface area contributed by atoms with Crippen molar-refractivity contribution < 1.29 is 22.1 Å². The fourth-order valence-electron chi connectivity index (χ4n) is 1.10. The normalized spacial score (nSPS) is 11.2. The van der Waals surface area contributed by atoms with Gasteiger partial charge in [-0.3, -0.25) is 4.79 Å². The third kappa shape index (κ3) is 4.16. The second kappa shape index (κ2) is 5.79. The van der Waals surface area contributed by atoms with Crippen LogP contribution in [0.2, 0.25) is 0 Å². The SMILES string of the molecule is COCCC(=O)OS(=O)(=O)c1ccc(C)cc1. The molecule has 0 radical (unpaired) electrons. The number of rotatable bonds is 5. The van der Waals surface area contributed by atoms with Crippen LogP contribution in [0.5, 0.6) is 0 Å². The van der Waals surface area contributed by atoms with Crippen LogP contribution in [0.3, 0.4) is 0 Å². The molecule has 6 heteroatoms. The van der Waals surface area contributed by atoms with Crippen molar-refractivity contribution in [1.82, 2.24) is 0 Å². The third-order valence-corrected chi connectivity index (χ3v) is 3.28. The lowest BCUT2D eigenvalue weighted by Crippen LogP contribution is -2.14. The van der Waals surface area contributed by atoms with Gasteiger partial charge >= 0.3 is 16.1 Å². The quantitative estimate of drug-likeness (QED) is 0.744. The van der Waals surface area contributed by atoms with Crippen molar-refractivity contribution in [1.29, 1.82) is 0 Å². The van der Waals surface area contributed by atoms with E-state index in [2.05, 4.69) is 8.92 Å². The standard InChI is InChI=1S/C11H14O5S/c1-9-3-5-10(6-4-9)17(13,14)16-11(12)7-8-15-2/h3-6H,7-8H2,1-2H3. The molecule has 0 spiro atoms. The first kappa shape index (κ1) is 13.7. The van der Waals surface area contributed by atoms with Crippen molar-refractivity contribution in [2.24, 2.45) is 0 Å². The van der Waals surface area contributed by atoms with Gasteiger partial charge in [-0.05, 0) is 19.1 Å². The Labute approximate surface area is 100 Å². The smallest absolute Gasteiger partial charge is 0.341 e. The minimum Gasteiger partial charge on any atom is -0.384 e. The number of benzene rings is 1. The van der Waals surface area contributed by atoms with Crippen molar-refractivity contribution in [2.45, 2.75) is 18.2 Å². The van der Waals surface area contributed by atoms with Gasteiger partial charge in [-0.1, -0.05) is 17.7 Å². The predicted octanol–water partition coefficient (Wildman–Crippen LogP) is 1.26. The molecule has 1 aromatic rings. The molecular formula is C11H14O5S. The van der Waals surface area contributed by atoms with Crippen LogP contribution in [0.4, 0.5) is 0 Å². The highest BCUT2D eigenvalue weighted by molar-refractivity contribution is 7.87. The zero-order valence-electron chi connectivity index (χ0n) is 9.67. The molecule has 0 fully saturated rings. The van der Waals surface area contributed by atoms with Crippen molar-refractivity contribution in [3.8, 4) is 0 Å². The summed E-state index contributed by atoms with van der Waals surface area (Å²) in [7, 11) is -2.59. The van der Waals surface area contributed by atoms with Crippen LogP contribution in [0.25, 0.3) is 0 Å². The molecule has 0 aromatic heterocycles. The maximum absolute atomic E-state index is 11.6. The maximum Gasteiger partial charge on any atom is 0.341 e. The second-order valence-corrected chi connectivity index (χ2v) is 5.01. The highest BCUT2D eigenvalue weighted by atomic mass is 32.2. The Bertz CT molecular complexity index is 475. The van der Waals surface area contributed by atoms with Crippen LogP contribution >= 0.6 is 0 Å². The molecule has 1 aromatic carbocycles. The van der Waals surface area contributed by atoms with E-state index >= 15 is 0 Å². The van der Waals surface area contributed by atoms with Crippen LogP contribution < -0.4 is 0 Å². The Hall–Kier alpha value is -1.40. The van der Waals surface area contributed by atoms with Crippen LogP contribution in [0.1, 0.15) is 12.0 Å². The molecule has 0 aliphatic rings. The summed E-state index contributed by atoms with van der Waals surface area (Å²) in [6, 6.07) is 6.06. The van der Waals surface area contributed by atoms with Gasteiger partial charge in [0.05, 0.1) is 13.0 Å². The Kier molecular flexibility index (Phi) is 4.65. The first-order chi connectivity index (χ1) is 7.95. The summed E-state index contributed by atoms with van der Waals surface area (Å²) in [6.45, 7) is 1.96. The number of ether oxygens (including phenoxy) is 1. The first-order valence-corrected chi connectivity index (χ1v) is 6.39. The van der Waals surface area contributed by atoms with E-state index in [4.69, 9.17) is 0 Å². The molecular weight excluding hydrogens is 244 g/mol. The van der Waals surface area contributed by atoms with E-state index in [-0.39, 0.29) is 17.9 Å². The fraction of sp³-hybridized carbons (Fsp3) is 0.364. The van der Waals surface area contributed by atoms with Crippen LogP contribution in [-0.4, -0.2) is 28.1 Å². The summed E-state index contributed by atoms with van der Waals surface area (Å²) in [5, 5.41) is 0. The zero-order chi connectivity index (χ0) is 12.9. The Morgan fingerprint density at radius 1 is 1.24 bits per heavy atom. The highest BCUT2D eigenvalue weighted by Gasteiger charge is 2.19. The summed E-state index contributed by atoms with van der Waals surface area (Å²) in [6.07, 6.45) is -0.0956. The lowest BCUT2D eigenvalue weighted by atomic mass is 10.2. The fourth-order valence-corrected chi connectivity index (χ4v) is 2.00. The van der Waals surface area contributed by atoms with Crippen molar-refractivity contribution >= 4 is 16.1 Å². The molecule has 0 aliphatic heterocycles. The molecule has 0 saturated heterocycles. The third-order valence-electron chi connectivity index (χ3n) is 2.02. The Balaban J connectivity index is 2.75. The Morgan fingerprint density at radius 2 is 1.82 bits per heavy atom. The van der Waals surface area contributed by atoms with Gasteiger partial charge in [-0.25, -0.2) is 0 Å². The van der Waals surface area contributed by atoms with E-state index in [1.807, 2.05) is 6.92 Å². The first-order valence-electron chi connectivity index (χ1n) is 4.98. The van der Waals surface area contributed by atoms with E-state index in [0.29, 0.717) is 0 Å². The number of methoxy groups -OCH3 is 1. The van der Waals surface area contributed by atoms with Gasteiger partial charge < -0.3 is 8.92 Å². The number of carbonyl (C=O) groups is 1. The van der Waals surface area contributed by atoms with Gasteiger partial charge in [0.25, 0.3) is 0 Å². The summed E-state index contributed by atoms with van der Waals surface area (Å²) < 4.78 is 32.3. The largest absolute Gasteiger partial charge is 0.384 e. The van der Waals surface area contributed by atoms with Crippen LogP contribution in [-0.2, 0) is 23.8 Å². The van der Waals surface area contributed by atoms with Crippen LogP contribution in [0, 0.1) is 6.92 Å². The molecule has 0 atom stereocenters. The van der Waals surface area contributed by atoms with E-state index < -0.39 is 16.1 Å². The maximum atomic E-state index is 11.6. The zero-order valence-corrected chi connectivity index (χ0v) is 10.5. The van der Waals surface area contributed by atoms with Gasteiger partial charge in [-0.15, -0.1) is 0 Å². The monoisotopic (exact) mass is 258 g/mol. The number of hydrogen-bond donors (Lipinski definition) is 0. The number of carbonyl (C=O) groups excluding carboxylic acids is 1. The topological polar surface area (TPSA) is 69.7 Å². The van der Waals surface area contributed by atoms with Crippen molar-refractivity contribution in [3.05, 3.63) is 29.8 Å². The van der Waals surface area contributed by atoms with Crippen molar-refractivity contribution in [3.63, 3.8) is 0 Å². The lowest BCUT2D eigenvalue weighted by molar-refractivity contribution is -0.134. The van der Waals surface area contributed by atoms with Gasteiger partial charge in [0.2, 0.25) is 0 Å². The summed E-state index contributed by atoms with van der Waals surface area (Å²) in [5.41, 5.74) is 0.926. The lowest BCUT2D eigenvalue weighted by Gasteiger charge is -2.05. The van der Waals surface area contributed by atoms with E-state index in [0.717, 1.165) is 5.56 Å². The Morgan fingerprint density at radius 3 is 2.35 bits per heavy atom. The molecule has 0 amide bonds. The minimum atomic E-state index is -4.01. The molecule has 5 nitrogen and oxygen atoms in total. The van der Waals surface area contributed by atoms with E-state index in [1.54, 1.807) is 12.1 Å². The second-order valence-electron chi connectivity index (χ2n) is 3.47. The molecule has 0 aliphatic carbocycles. The molecule has 0 N–H and O–H groups in total. The van der Waals surface area contributed by atoms with Gasteiger partial charge in [0.1, 0.15) is 4.90 Å². The molecule has 0 saturated carbocycles. The van der Waals surface area contributed by atoms with E-state index in [9.17, 15) is 13.2 Å². The number of hydrogen-bond acceptors (Lipinski definition) is 5. The van der Waals surface area contributed by atoms with Crippen LogP contribution in [0.15, 0.2) is 29.2 Å². The molecule has 0 unspecified atom stereocenters. The number of aryl methyl sites for hydroxylation is 1. The van der Waals surface area contributed by atoms with Gasteiger partial charge in [0.15, 0.2) is 0 Å². The molecule has 94 valence electrons.